The Kier molecular flexibility index (Phi) is 4.29. The second kappa shape index (κ2) is 6.54. The number of nitrogens with zero attached hydrogens (tertiary/aromatic N) is 3. The summed E-state index contributed by atoms with van der Waals surface area (Å²) in [6.07, 6.45) is 5.42. The normalized spacial score (nSPS) is 10.6. The van der Waals surface area contributed by atoms with E-state index in [0.717, 1.165) is 5.69 Å². The highest BCUT2D eigenvalue weighted by molar-refractivity contribution is 5.92. The third-order valence-electron chi connectivity index (χ3n) is 3.84. The summed E-state index contributed by atoms with van der Waals surface area (Å²) in [5, 5.41) is 2.83. The molecule has 0 fully saturated rings. The number of anilines is 1. The number of hydrogen-bond donors (Lipinski definition) is 1. The highest BCUT2D eigenvalue weighted by Crippen LogP contribution is 2.14. The predicted molar refractivity (Wildman–Crippen MR) is 92.3 cm³/mol. The summed E-state index contributed by atoms with van der Waals surface area (Å²) in [4.78, 5) is 28.2. The molecule has 0 aliphatic carbocycles. The first-order valence-corrected chi connectivity index (χ1v) is 7.59. The predicted octanol–water partition coefficient (Wildman–Crippen LogP) is 2.06. The highest BCUT2D eigenvalue weighted by Gasteiger charge is 2.11. The maximum Gasteiger partial charge on any atom is 0.256 e. The van der Waals surface area contributed by atoms with Crippen molar-refractivity contribution in [3.8, 4) is 5.69 Å². The zero-order valence-corrected chi connectivity index (χ0v) is 13.6. The third-order valence-corrected chi connectivity index (χ3v) is 3.84. The second-order valence-corrected chi connectivity index (χ2v) is 5.59. The Morgan fingerprint density at radius 2 is 1.83 bits per heavy atom. The highest BCUT2D eigenvalue weighted by atomic mass is 16.1. The molecule has 0 spiro atoms. The molecule has 0 unspecified atom stereocenters. The first kappa shape index (κ1) is 15.7. The van der Waals surface area contributed by atoms with Crippen molar-refractivity contribution in [2.45, 2.75) is 13.3 Å². The summed E-state index contributed by atoms with van der Waals surface area (Å²) in [6.45, 7) is 1.68. The SMILES string of the molecule is Cc1c(CC(=O)Nc2ccc(-n3cccc3)cc2)ncn(C)c1=O. The lowest BCUT2D eigenvalue weighted by molar-refractivity contribution is -0.115. The third kappa shape index (κ3) is 3.27. The molecule has 6 heteroatoms. The minimum absolute atomic E-state index is 0.0707. The van der Waals surface area contributed by atoms with E-state index >= 15 is 0 Å². The van der Waals surface area contributed by atoms with Crippen LogP contribution >= 0.6 is 0 Å². The van der Waals surface area contributed by atoms with Crippen molar-refractivity contribution < 1.29 is 4.79 Å². The fourth-order valence-corrected chi connectivity index (χ4v) is 2.45. The monoisotopic (exact) mass is 322 g/mol. The number of amides is 1. The van der Waals surface area contributed by atoms with Crippen LogP contribution in [0.15, 0.2) is 59.9 Å². The van der Waals surface area contributed by atoms with Gasteiger partial charge in [0.1, 0.15) is 0 Å². The van der Waals surface area contributed by atoms with Crippen LogP contribution in [0.1, 0.15) is 11.3 Å². The molecule has 6 nitrogen and oxygen atoms in total. The summed E-state index contributed by atoms with van der Waals surface area (Å²) in [5.41, 5.74) is 2.58. The van der Waals surface area contributed by atoms with E-state index in [-0.39, 0.29) is 17.9 Å². The molecule has 0 saturated carbocycles. The van der Waals surface area contributed by atoms with Gasteiger partial charge in [-0.05, 0) is 43.3 Å². The molecule has 2 aromatic heterocycles. The van der Waals surface area contributed by atoms with Gasteiger partial charge in [0.25, 0.3) is 5.56 Å². The van der Waals surface area contributed by atoms with Crippen LogP contribution in [0.3, 0.4) is 0 Å². The summed E-state index contributed by atoms with van der Waals surface area (Å²) in [7, 11) is 1.64. The van der Waals surface area contributed by atoms with Crippen LogP contribution < -0.4 is 10.9 Å². The average Bonchev–Trinajstić information content (AvgIpc) is 3.11. The average molecular weight is 322 g/mol. The molecule has 3 aromatic rings. The standard InChI is InChI=1S/C18H18N4O2/c1-13-16(19-12-21(2)18(13)24)11-17(23)20-14-5-7-15(8-6-14)22-9-3-4-10-22/h3-10,12H,11H2,1-2H3,(H,20,23). The Morgan fingerprint density at radius 3 is 2.50 bits per heavy atom. The largest absolute Gasteiger partial charge is 0.326 e. The smallest absolute Gasteiger partial charge is 0.256 e. The lowest BCUT2D eigenvalue weighted by Gasteiger charge is -2.09. The number of carbonyl (C=O) groups excluding carboxylic acids is 1. The summed E-state index contributed by atoms with van der Waals surface area (Å²) in [5.74, 6) is -0.201. The lowest BCUT2D eigenvalue weighted by atomic mass is 10.2. The molecule has 122 valence electrons. The molecule has 0 aliphatic rings. The molecular weight excluding hydrogens is 304 g/mol. The van der Waals surface area contributed by atoms with Crippen molar-refractivity contribution in [3.05, 3.63) is 76.7 Å². The van der Waals surface area contributed by atoms with Gasteiger partial charge in [0.2, 0.25) is 5.91 Å². The van der Waals surface area contributed by atoms with E-state index in [0.29, 0.717) is 16.9 Å². The number of benzene rings is 1. The number of nitrogens with one attached hydrogen (secondary N) is 1. The van der Waals surface area contributed by atoms with E-state index in [1.54, 1.807) is 14.0 Å². The fourth-order valence-electron chi connectivity index (χ4n) is 2.45. The van der Waals surface area contributed by atoms with Crippen LogP contribution in [0.5, 0.6) is 0 Å². The van der Waals surface area contributed by atoms with Crippen molar-refractivity contribution in [2.24, 2.45) is 7.05 Å². The van der Waals surface area contributed by atoms with Crippen molar-refractivity contribution in [3.63, 3.8) is 0 Å². The van der Waals surface area contributed by atoms with Crippen molar-refractivity contribution >= 4 is 11.6 Å². The van der Waals surface area contributed by atoms with Gasteiger partial charge in [0, 0.05) is 36.4 Å². The van der Waals surface area contributed by atoms with Crippen LogP contribution in [0.2, 0.25) is 0 Å². The minimum atomic E-state index is -0.201. The molecule has 3 rings (SSSR count). The van der Waals surface area contributed by atoms with Gasteiger partial charge in [0.15, 0.2) is 0 Å². The molecule has 0 atom stereocenters. The first-order valence-electron chi connectivity index (χ1n) is 7.59. The topological polar surface area (TPSA) is 68.9 Å². The Labute approximate surface area is 139 Å². The van der Waals surface area contributed by atoms with Gasteiger partial charge in [-0.25, -0.2) is 4.98 Å². The van der Waals surface area contributed by atoms with Gasteiger partial charge in [-0.1, -0.05) is 0 Å². The summed E-state index contributed by atoms with van der Waals surface area (Å²) >= 11 is 0. The molecule has 24 heavy (non-hydrogen) atoms. The minimum Gasteiger partial charge on any atom is -0.326 e. The zero-order valence-electron chi connectivity index (χ0n) is 13.6. The van der Waals surface area contributed by atoms with Crippen LogP contribution in [0.4, 0.5) is 5.69 Å². The maximum absolute atomic E-state index is 12.2. The van der Waals surface area contributed by atoms with Gasteiger partial charge in [0.05, 0.1) is 18.4 Å². The Bertz CT molecular complexity index is 909. The fraction of sp³-hybridized carbons (Fsp3) is 0.167. The molecule has 0 aliphatic heterocycles. The Morgan fingerprint density at radius 1 is 1.17 bits per heavy atom. The molecule has 1 amide bonds. The van der Waals surface area contributed by atoms with Crippen molar-refractivity contribution in [1.29, 1.82) is 0 Å². The van der Waals surface area contributed by atoms with Crippen molar-refractivity contribution in [1.82, 2.24) is 14.1 Å². The number of rotatable bonds is 4. The van der Waals surface area contributed by atoms with Gasteiger partial charge in [-0.15, -0.1) is 0 Å². The van der Waals surface area contributed by atoms with Gasteiger partial charge in [-0.3, -0.25) is 9.59 Å². The number of hydrogen-bond acceptors (Lipinski definition) is 3. The summed E-state index contributed by atoms with van der Waals surface area (Å²) < 4.78 is 3.38. The molecule has 0 saturated heterocycles. The second-order valence-electron chi connectivity index (χ2n) is 5.59. The van der Waals surface area contributed by atoms with E-state index in [1.165, 1.54) is 10.9 Å². The van der Waals surface area contributed by atoms with Crippen LogP contribution in [0, 0.1) is 6.92 Å². The van der Waals surface area contributed by atoms with Crippen LogP contribution in [-0.2, 0) is 18.3 Å². The number of aromatic nitrogens is 3. The van der Waals surface area contributed by atoms with Crippen LogP contribution in [-0.4, -0.2) is 20.0 Å². The molecule has 0 radical (unpaired) electrons. The molecule has 2 heterocycles. The van der Waals surface area contributed by atoms with E-state index in [4.69, 9.17) is 0 Å². The maximum atomic E-state index is 12.2. The molecule has 0 bridgehead atoms. The number of carbonyl (C=O) groups is 1. The Balaban J connectivity index is 1.69. The molecule has 1 N–H and O–H groups in total. The first-order chi connectivity index (χ1) is 11.5. The van der Waals surface area contributed by atoms with Gasteiger partial charge >= 0.3 is 0 Å². The number of aryl methyl sites for hydroxylation is 1. The van der Waals surface area contributed by atoms with Crippen LogP contribution in [0.25, 0.3) is 5.69 Å². The van der Waals surface area contributed by atoms with E-state index in [1.807, 2.05) is 53.4 Å². The van der Waals surface area contributed by atoms with E-state index in [2.05, 4.69) is 10.3 Å². The van der Waals surface area contributed by atoms with E-state index < -0.39 is 0 Å². The van der Waals surface area contributed by atoms with Gasteiger partial charge < -0.3 is 14.5 Å². The van der Waals surface area contributed by atoms with Crippen molar-refractivity contribution in [2.75, 3.05) is 5.32 Å². The molecular formula is C18H18N4O2. The lowest BCUT2D eigenvalue weighted by Crippen LogP contribution is -2.24. The van der Waals surface area contributed by atoms with Gasteiger partial charge in [-0.2, -0.15) is 0 Å². The zero-order chi connectivity index (χ0) is 17.1. The Hall–Kier alpha value is -3.15. The molecule has 1 aromatic carbocycles. The quantitative estimate of drug-likeness (QED) is 0.799. The summed E-state index contributed by atoms with van der Waals surface area (Å²) in [6, 6.07) is 11.5. The van der Waals surface area contributed by atoms with E-state index in [9.17, 15) is 9.59 Å².